The highest BCUT2D eigenvalue weighted by atomic mass is 35.5. The Morgan fingerprint density at radius 3 is 2.94 bits per heavy atom. The molecule has 0 radical (unpaired) electrons. The summed E-state index contributed by atoms with van der Waals surface area (Å²) in [6.45, 7) is 0.890. The maximum absolute atomic E-state index is 12.1. The van der Waals surface area contributed by atoms with Gasteiger partial charge in [0.2, 0.25) is 5.91 Å². The van der Waals surface area contributed by atoms with Crippen molar-refractivity contribution in [3.8, 4) is 0 Å². The second kappa shape index (κ2) is 6.41. The average molecular weight is 287 g/mol. The Morgan fingerprint density at radius 1 is 1.28 bits per heavy atom. The number of nitrogens with one attached hydrogen (secondary N) is 2. The topological polar surface area (TPSA) is 41.1 Å². The Kier molecular flexibility index (Phi) is 4.87. The first kappa shape index (κ1) is 13.7. The molecule has 18 heavy (non-hydrogen) atoms. The van der Waals surface area contributed by atoms with Gasteiger partial charge in [-0.3, -0.25) is 4.79 Å². The van der Waals surface area contributed by atoms with Crippen LogP contribution in [0.15, 0.2) is 18.2 Å². The molecule has 2 rings (SSSR count). The molecule has 1 amide bonds. The van der Waals surface area contributed by atoms with Crippen LogP contribution < -0.4 is 10.6 Å². The van der Waals surface area contributed by atoms with Gasteiger partial charge in [0, 0.05) is 0 Å². The molecule has 1 aromatic rings. The number of amides is 1. The van der Waals surface area contributed by atoms with Gasteiger partial charge >= 0.3 is 0 Å². The molecule has 5 heteroatoms. The van der Waals surface area contributed by atoms with Crippen LogP contribution in [0.4, 0.5) is 5.69 Å². The van der Waals surface area contributed by atoms with E-state index in [9.17, 15) is 4.79 Å². The molecule has 0 aliphatic carbocycles. The number of carbonyl (C=O) groups is 1. The first-order chi connectivity index (χ1) is 8.68. The highest BCUT2D eigenvalue weighted by molar-refractivity contribution is 6.44. The number of rotatable bonds is 2. The van der Waals surface area contributed by atoms with Crippen LogP contribution >= 0.6 is 23.2 Å². The van der Waals surface area contributed by atoms with E-state index < -0.39 is 0 Å². The van der Waals surface area contributed by atoms with Crippen LogP contribution in [0.5, 0.6) is 0 Å². The summed E-state index contributed by atoms with van der Waals surface area (Å²) >= 11 is 12.0. The molecule has 1 aromatic carbocycles. The number of benzene rings is 1. The summed E-state index contributed by atoms with van der Waals surface area (Å²) in [7, 11) is 0. The molecule has 1 heterocycles. The van der Waals surface area contributed by atoms with Crippen LogP contribution in [0, 0.1) is 0 Å². The van der Waals surface area contributed by atoms with Gasteiger partial charge in [0.15, 0.2) is 0 Å². The van der Waals surface area contributed by atoms with Crippen LogP contribution in [-0.2, 0) is 4.79 Å². The van der Waals surface area contributed by atoms with Crippen molar-refractivity contribution < 1.29 is 4.79 Å². The molecule has 98 valence electrons. The van der Waals surface area contributed by atoms with Crippen LogP contribution in [0.2, 0.25) is 10.0 Å². The van der Waals surface area contributed by atoms with Gasteiger partial charge in [0.05, 0.1) is 21.8 Å². The Labute approximate surface area is 117 Å². The van der Waals surface area contributed by atoms with E-state index in [0.29, 0.717) is 15.7 Å². The predicted octanol–water partition coefficient (Wildman–Crippen LogP) is 3.46. The van der Waals surface area contributed by atoms with Gasteiger partial charge in [-0.2, -0.15) is 0 Å². The summed E-state index contributed by atoms with van der Waals surface area (Å²) in [6.07, 6.45) is 4.24. The van der Waals surface area contributed by atoms with Crippen molar-refractivity contribution in [2.24, 2.45) is 0 Å². The van der Waals surface area contributed by atoms with Crippen molar-refractivity contribution >= 4 is 34.8 Å². The van der Waals surface area contributed by atoms with Gasteiger partial charge < -0.3 is 10.6 Å². The Hall–Kier alpha value is -0.770. The molecular weight excluding hydrogens is 271 g/mol. The molecule has 1 saturated heterocycles. The quantitative estimate of drug-likeness (QED) is 0.874. The molecule has 0 aromatic heterocycles. The van der Waals surface area contributed by atoms with Gasteiger partial charge in [-0.05, 0) is 31.5 Å². The van der Waals surface area contributed by atoms with Crippen molar-refractivity contribution in [1.82, 2.24) is 5.32 Å². The lowest BCUT2D eigenvalue weighted by Gasteiger charge is -2.16. The summed E-state index contributed by atoms with van der Waals surface area (Å²) in [4.78, 5) is 12.1. The monoisotopic (exact) mass is 286 g/mol. The minimum Gasteiger partial charge on any atom is -0.323 e. The first-order valence-corrected chi connectivity index (χ1v) is 6.92. The first-order valence-electron chi connectivity index (χ1n) is 6.17. The number of hydrogen-bond donors (Lipinski definition) is 2. The van der Waals surface area contributed by atoms with Crippen LogP contribution in [0.3, 0.4) is 0 Å². The lowest BCUT2D eigenvalue weighted by molar-refractivity contribution is -0.118. The van der Waals surface area contributed by atoms with Gasteiger partial charge in [-0.15, -0.1) is 0 Å². The second-order valence-corrected chi connectivity index (χ2v) is 5.23. The fourth-order valence-corrected chi connectivity index (χ4v) is 2.42. The van der Waals surface area contributed by atoms with E-state index in [0.717, 1.165) is 25.8 Å². The Morgan fingerprint density at radius 2 is 2.11 bits per heavy atom. The highest BCUT2D eigenvalue weighted by Gasteiger charge is 2.20. The zero-order chi connectivity index (χ0) is 13.0. The fourth-order valence-electron chi connectivity index (χ4n) is 2.07. The minimum absolute atomic E-state index is 0.0407. The third kappa shape index (κ3) is 3.37. The van der Waals surface area contributed by atoms with Crippen LogP contribution in [0.1, 0.15) is 25.7 Å². The Balaban J connectivity index is 2.03. The molecule has 1 atom stereocenters. The summed E-state index contributed by atoms with van der Waals surface area (Å²) in [6, 6.07) is 5.08. The predicted molar refractivity (Wildman–Crippen MR) is 75.4 cm³/mol. The zero-order valence-corrected chi connectivity index (χ0v) is 11.5. The molecule has 3 nitrogen and oxygen atoms in total. The van der Waals surface area contributed by atoms with Crippen LogP contribution in [-0.4, -0.2) is 18.5 Å². The molecule has 0 bridgehead atoms. The molecular formula is C13H16Cl2N2O. The van der Waals surface area contributed by atoms with Crippen molar-refractivity contribution in [3.05, 3.63) is 28.2 Å². The third-order valence-corrected chi connectivity index (χ3v) is 3.91. The number of carbonyl (C=O) groups excluding carboxylic acids is 1. The van der Waals surface area contributed by atoms with Gasteiger partial charge in [-0.1, -0.05) is 42.1 Å². The molecule has 1 aliphatic heterocycles. The summed E-state index contributed by atoms with van der Waals surface area (Å²) < 4.78 is 0. The molecule has 1 fully saturated rings. The second-order valence-electron chi connectivity index (χ2n) is 4.45. The highest BCUT2D eigenvalue weighted by Crippen LogP contribution is 2.29. The van der Waals surface area contributed by atoms with E-state index >= 15 is 0 Å². The van der Waals surface area contributed by atoms with E-state index in [2.05, 4.69) is 10.6 Å². The smallest absolute Gasteiger partial charge is 0.241 e. The molecule has 0 spiro atoms. The number of hydrogen-bond acceptors (Lipinski definition) is 2. The molecule has 1 unspecified atom stereocenters. The van der Waals surface area contributed by atoms with Gasteiger partial charge in [0.25, 0.3) is 0 Å². The fraction of sp³-hybridized carbons (Fsp3) is 0.462. The molecule has 2 N–H and O–H groups in total. The van der Waals surface area contributed by atoms with E-state index in [1.54, 1.807) is 18.2 Å². The van der Waals surface area contributed by atoms with E-state index in [1.807, 2.05) is 0 Å². The standard InChI is InChI=1S/C13H16Cl2N2O/c14-9-5-4-7-10(12(9)15)17-13(18)11-6-2-1-3-8-16-11/h4-5,7,11,16H,1-3,6,8H2,(H,17,18). The zero-order valence-electron chi connectivity index (χ0n) is 10.0. The van der Waals surface area contributed by atoms with E-state index in [4.69, 9.17) is 23.2 Å². The number of anilines is 1. The normalized spacial score (nSPS) is 20.2. The SMILES string of the molecule is O=C(Nc1cccc(Cl)c1Cl)C1CCCCCN1. The molecule has 0 saturated carbocycles. The van der Waals surface area contributed by atoms with Crippen molar-refractivity contribution in [2.45, 2.75) is 31.7 Å². The summed E-state index contributed by atoms with van der Waals surface area (Å²) in [5.74, 6) is -0.0407. The van der Waals surface area contributed by atoms with Gasteiger partial charge in [0.1, 0.15) is 0 Å². The maximum atomic E-state index is 12.1. The van der Waals surface area contributed by atoms with Crippen molar-refractivity contribution in [1.29, 1.82) is 0 Å². The lowest BCUT2D eigenvalue weighted by atomic mass is 10.1. The summed E-state index contributed by atoms with van der Waals surface area (Å²) in [5, 5.41) is 6.92. The average Bonchev–Trinajstić information content (AvgIpc) is 2.63. The van der Waals surface area contributed by atoms with Crippen molar-refractivity contribution in [2.75, 3.05) is 11.9 Å². The van der Waals surface area contributed by atoms with E-state index in [1.165, 1.54) is 6.42 Å². The molecule has 1 aliphatic rings. The van der Waals surface area contributed by atoms with E-state index in [-0.39, 0.29) is 11.9 Å². The summed E-state index contributed by atoms with van der Waals surface area (Å²) in [5.41, 5.74) is 0.570. The number of halogens is 2. The largest absolute Gasteiger partial charge is 0.323 e. The maximum Gasteiger partial charge on any atom is 0.241 e. The Bertz CT molecular complexity index is 429. The lowest BCUT2D eigenvalue weighted by Crippen LogP contribution is -2.39. The minimum atomic E-state index is -0.137. The van der Waals surface area contributed by atoms with Crippen molar-refractivity contribution in [3.63, 3.8) is 0 Å². The van der Waals surface area contributed by atoms with Gasteiger partial charge in [-0.25, -0.2) is 0 Å². The third-order valence-electron chi connectivity index (χ3n) is 3.09. The van der Waals surface area contributed by atoms with Crippen LogP contribution in [0.25, 0.3) is 0 Å².